The molecule has 0 spiro atoms. The fourth-order valence-corrected chi connectivity index (χ4v) is 4.60. The van der Waals surface area contributed by atoms with Crippen LogP contribution in [0.2, 0.25) is 5.02 Å². The smallest absolute Gasteiger partial charge is 0.237 e. The van der Waals surface area contributed by atoms with E-state index in [4.69, 9.17) is 26.1 Å². The Hall–Kier alpha value is -2.73. The lowest BCUT2D eigenvalue weighted by Gasteiger charge is -2.20. The molecule has 0 fully saturated rings. The fourth-order valence-electron chi connectivity index (χ4n) is 4.27. The average molecular weight is 442 g/mol. The molecule has 3 aromatic rings. The first-order valence-electron chi connectivity index (χ1n) is 10.6. The van der Waals surface area contributed by atoms with Crippen molar-refractivity contribution in [3.63, 3.8) is 0 Å². The van der Waals surface area contributed by atoms with Crippen molar-refractivity contribution in [2.24, 2.45) is 0 Å². The third-order valence-corrected chi connectivity index (χ3v) is 6.44. The molecule has 7 heteroatoms. The van der Waals surface area contributed by atoms with Gasteiger partial charge in [0.15, 0.2) is 11.5 Å². The van der Waals surface area contributed by atoms with Crippen molar-refractivity contribution >= 4 is 34.2 Å². The number of rotatable bonds is 7. The number of nitrogens with zero attached hydrogens (tertiary/aromatic N) is 2. The summed E-state index contributed by atoms with van der Waals surface area (Å²) in [5.74, 6) is 1.83. The van der Waals surface area contributed by atoms with Crippen molar-refractivity contribution in [1.82, 2.24) is 9.97 Å². The number of imidazole rings is 1. The third-order valence-electron chi connectivity index (χ3n) is 6.07. The number of nitrogens with one attached hydrogen (secondary N) is 1. The first kappa shape index (κ1) is 21.5. The second kappa shape index (κ2) is 8.08. The van der Waals surface area contributed by atoms with Crippen LogP contribution in [0.25, 0.3) is 22.4 Å². The quantitative estimate of drug-likeness (QED) is 0.476. The Morgan fingerprint density at radius 3 is 2.61 bits per heavy atom. The third kappa shape index (κ3) is 3.43. The largest absolute Gasteiger partial charge is 0.493 e. The van der Waals surface area contributed by atoms with Crippen molar-refractivity contribution in [2.75, 3.05) is 25.7 Å². The van der Waals surface area contributed by atoms with Gasteiger partial charge in [0.2, 0.25) is 5.91 Å². The highest BCUT2D eigenvalue weighted by Crippen LogP contribution is 2.45. The minimum absolute atomic E-state index is 0.148. The van der Waals surface area contributed by atoms with Gasteiger partial charge in [-0.1, -0.05) is 31.4 Å². The van der Waals surface area contributed by atoms with Crippen molar-refractivity contribution in [3.8, 4) is 22.9 Å². The number of halogens is 1. The standard InChI is InChI=1S/C24H28ClN3O3/c1-6-7-8-11-28-18-13-17-16(12-15(18)24(2,3)23(28)29)26-22(27-17)14-9-10-19(30-4)21(31-5)20(14)25/h9-10,12-13H,6-8,11H2,1-5H3,(H,26,27). The van der Waals surface area contributed by atoms with Gasteiger partial charge in [0.1, 0.15) is 5.82 Å². The lowest BCUT2D eigenvalue weighted by Crippen LogP contribution is -2.36. The van der Waals surface area contributed by atoms with Crippen molar-refractivity contribution < 1.29 is 14.3 Å². The van der Waals surface area contributed by atoms with Crippen LogP contribution in [-0.4, -0.2) is 36.6 Å². The van der Waals surface area contributed by atoms with E-state index >= 15 is 0 Å². The summed E-state index contributed by atoms with van der Waals surface area (Å²) in [4.78, 5) is 23.2. The minimum Gasteiger partial charge on any atom is -0.493 e. The summed E-state index contributed by atoms with van der Waals surface area (Å²) in [5.41, 5.74) is 3.81. The number of unbranched alkanes of at least 4 members (excludes halogenated alkanes) is 2. The van der Waals surface area contributed by atoms with E-state index < -0.39 is 5.41 Å². The summed E-state index contributed by atoms with van der Waals surface area (Å²) >= 11 is 6.60. The molecule has 4 rings (SSSR count). The Balaban J connectivity index is 1.80. The highest BCUT2D eigenvalue weighted by Gasteiger charge is 2.44. The molecule has 0 unspecified atom stereocenters. The number of hydrogen-bond donors (Lipinski definition) is 1. The number of anilines is 1. The van der Waals surface area contributed by atoms with Crippen LogP contribution in [0, 0.1) is 0 Å². The Kier molecular flexibility index (Phi) is 5.60. The molecule has 0 radical (unpaired) electrons. The van der Waals surface area contributed by atoms with E-state index in [9.17, 15) is 4.79 Å². The summed E-state index contributed by atoms with van der Waals surface area (Å²) in [6, 6.07) is 7.73. The molecule has 164 valence electrons. The predicted molar refractivity (Wildman–Crippen MR) is 125 cm³/mol. The minimum atomic E-state index is -0.567. The van der Waals surface area contributed by atoms with Gasteiger partial charge in [-0.2, -0.15) is 0 Å². The topological polar surface area (TPSA) is 67.5 Å². The average Bonchev–Trinajstić information content (AvgIpc) is 3.24. The van der Waals surface area contributed by atoms with E-state index in [1.165, 1.54) is 0 Å². The number of methoxy groups -OCH3 is 2. The number of aromatic amines is 1. The summed E-state index contributed by atoms with van der Waals surface area (Å²) < 4.78 is 10.8. The van der Waals surface area contributed by atoms with Gasteiger partial charge in [-0.05, 0) is 50.1 Å². The highest BCUT2D eigenvalue weighted by atomic mass is 35.5. The van der Waals surface area contributed by atoms with Gasteiger partial charge in [0.05, 0.1) is 41.4 Å². The van der Waals surface area contributed by atoms with Gasteiger partial charge < -0.3 is 19.4 Å². The molecule has 0 saturated heterocycles. The normalized spacial score (nSPS) is 14.9. The van der Waals surface area contributed by atoms with Gasteiger partial charge in [0.25, 0.3) is 0 Å². The SMILES string of the molecule is CCCCCN1C(=O)C(C)(C)c2cc3[nH]c(-c4ccc(OC)c(OC)c4Cl)nc3cc21. The molecule has 1 aromatic heterocycles. The Labute approximate surface area is 187 Å². The number of carbonyl (C=O) groups is 1. The van der Waals surface area contributed by atoms with Crippen LogP contribution >= 0.6 is 11.6 Å². The van der Waals surface area contributed by atoms with Crippen LogP contribution in [0.5, 0.6) is 11.5 Å². The molecule has 2 heterocycles. The molecule has 0 saturated carbocycles. The molecule has 2 aromatic carbocycles. The molecule has 1 aliphatic rings. The van der Waals surface area contributed by atoms with Gasteiger partial charge in [0, 0.05) is 12.1 Å². The van der Waals surface area contributed by atoms with E-state index in [0.29, 0.717) is 22.3 Å². The van der Waals surface area contributed by atoms with Crippen molar-refractivity contribution in [2.45, 2.75) is 45.4 Å². The Morgan fingerprint density at radius 1 is 1.16 bits per heavy atom. The van der Waals surface area contributed by atoms with Crippen molar-refractivity contribution in [3.05, 3.63) is 34.9 Å². The van der Waals surface area contributed by atoms with Gasteiger partial charge >= 0.3 is 0 Å². The number of benzene rings is 2. The van der Waals surface area contributed by atoms with E-state index in [2.05, 4.69) is 11.9 Å². The molecule has 31 heavy (non-hydrogen) atoms. The molecule has 1 amide bonds. The first-order chi connectivity index (χ1) is 14.8. The monoisotopic (exact) mass is 441 g/mol. The number of amides is 1. The van der Waals surface area contributed by atoms with Crippen LogP contribution in [0.4, 0.5) is 5.69 Å². The van der Waals surface area contributed by atoms with Crippen molar-refractivity contribution in [1.29, 1.82) is 0 Å². The van der Waals surface area contributed by atoms with Gasteiger partial charge in [-0.15, -0.1) is 0 Å². The fraction of sp³-hybridized carbons (Fsp3) is 0.417. The molecular formula is C24H28ClN3O3. The first-order valence-corrected chi connectivity index (χ1v) is 11.0. The Bertz CT molecular complexity index is 1150. The highest BCUT2D eigenvalue weighted by molar-refractivity contribution is 6.35. The number of H-pyrrole nitrogens is 1. The lowest BCUT2D eigenvalue weighted by molar-refractivity contribution is -0.122. The van der Waals surface area contributed by atoms with E-state index in [1.807, 2.05) is 43.0 Å². The van der Waals surface area contributed by atoms with E-state index in [-0.39, 0.29) is 5.91 Å². The van der Waals surface area contributed by atoms with Gasteiger partial charge in [-0.3, -0.25) is 4.79 Å². The molecule has 0 bridgehead atoms. The second-order valence-corrected chi connectivity index (χ2v) is 8.80. The van der Waals surface area contributed by atoms with Crippen LogP contribution in [0.1, 0.15) is 45.6 Å². The summed E-state index contributed by atoms with van der Waals surface area (Å²) in [6.45, 7) is 6.87. The number of ether oxygens (including phenoxy) is 2. The van der Waals surface area contributed by atoms with Crippen LogP contribution < -0.4 is 14.4 Å². The van der Waals surface area contributed by atoms with Gasteiger partial charge in [-0.25, -0.2) is 4.98 Å². The number of fused-ring (bicyclic) bond motifs is 2. The van der Waals surface area contributed by atoms with E-state index in [1.54, 1.807) is 14.2 Å². The number of aromatic nitrogens is 2. The number of hydrogen-bond acceptors (Lipinski definition) is 4. The number of carbonyl (C=O) groups excluding carboxylic acids is 1. The maximum atomic E-state index is 13.1. The molecule has 1 N–H and O–H groups in total. The Morgan fingerprint density at radius 2 is 1.94 bits per heavy atom. The lowest BCUT2D eigenvalue weighted by atomic mass is 9.86. The zero-order chi connectivity index (χ0) is 22.3. The molecule has 0 aliphatic carbocycles. The zero-order valence-corrected chi connectivity index (χ0v) is 19.4. The molecule has 1 aliphatic heterocycles. The van der Waals surface area contributed by atoms with E-state index in [0.717, 1.165) is 53.7 Å². The second-order valence-electron chi connectivity index (χ2n) is 8.42. The summed E-state index contributed by atoms with van der Waals surface area (Å²) in [7, 11) is 3.13. The maximum absolute atomic E-state index is 13.1. The zero-order valence-electron chi connectivity index (χ0n) is 18.6. The molecule has 0 atom stereocenters. The maximum Gasteiger partial charge on any atom is 0.237 e. The molecule has 6 nitrogen and oxygen atoms in total. The molecular weight excluding hydrogens is 414 g/mol. The predicted octanol–water partition coefficient (Wildman–Crippen LogP) is 5.71. The van der Waals surface area contributed by atoms with Crippen LogP contribution in [0.15, 0.2) is 24.3 Å². The van der Waals surface area contributed by atoms with Crippen LogP contribution in [-0.2, 0) is 10.2 Å². The summed E-state index contributed by atoms with van der Waals surface area (Å²) in [5, 5.41) is 0.435. The van der Waals surface area contributed by atoms with Crippen LogP contribution in [0.3, 0.4) is 0 Å². The summed E-state index contributed by atoms with van der Waals surface area (Å²) in [6.07, 6.45) is 3.21.